The number of hydrogen-bond donors (Lipinski definition) is 0. The number of benzene rings is 1. The molecular formula is C22H24N3OS2+. The lowest BCUT2D eigenvalue weighted by atomic mass is 10.2. The van der Waals surface area contributed by atoms with Gasteiger partial charge in [-0.1, -0.05) is 17.8 Å². The summed E-state index contributed by atoms with van der Waals surface area (Å²) < 4.78 is 5.87. The zero-order chi connectivity index (χ0) is 19.8. The van der Waals surface area contributed by atoms with Gasteiger partial charge in [0.05, 0.1) is 5.69 Å². The topological polar surface area (TPSA) is 29.1 Å². The van der Waals surface area contributed by atoms with E-state index in [0.717, 1.165) is 26.5 Å². The first-order valence-corrected chi connectivity index (χ1v) is 11.1. The second kappa shape index (κ2) is 7.60. The van der Waals surface area contributed by atoms with E-state index in [2.05, 4.69) is 59.9 Å². The van der Waals surface area contributed by atoms with Crippen LogP contribution in [0, 0.1) is 6.92 Å². The lowest BCUT2D eigenvalue weighted by Crippen LogP contribution is -2.36. The highest BCUT2D eigenvalue weighted by Crippen LogP contribution is 2.45. The molecule has 1 aromatic carbocycles. The first-order valence-electron chi connectivity index (χ1n) is 9.49. The molecule has 6 heteroatoms. The number of rotatable bonds is 3. The zero-order valence-electron chi connectivity index (χ0n) is 16.6. The molecule has 0 atom stereocenters. The molecule has 0 fully saturated rings. The number of aromatic nitrogens is 2. The van der Waals surface area contributed by atoms with Gasteiger partial charge in [0.25, 0.3) is 5.56 Å². The minimum atomic E-state index is 0.0941. The molecular weight excluding hydrogens is 386 g/mol. The Kier molecular flexibility index (Phi) is 5.17. The molecule has 2 aromatic heterocycles. The Balaban J connectivity index is 1.93. The summed E-state index contributed by atoms with van der Waals surface area (Å²) in [6, 6.07) is 12.6. The van der Waals surface area contributed by atoms with Gasteiger partial charge < -0.3 is 4.90 Å². The smallest absolute Gasteiger partial charge is 0.271 e. The molecule has 0 N–H and O–H groups in total. The van der Waals surface area contributed by atoms with Crippen molar-refractivity contribution in [3.05, 3.63) is 73.4 Å². The molecule has 0 unspecified atom stereocenters. The largest absolute Gasteiger partial charge is 0.337 e. The van der Waals surface area contributed by atoms with Gasteiger partial charge in [-0.15, -0.1) is 11.3 Å². The van der Waals surface area contributed by atoms with E-state index >= 15 is 0 Å². The van der Waals surface area contributed by atoms with Crippen molar-refractivity contribution in [2.75, 3.05) is 11.9 Å². The molecule has 144 valence electrons. The molecule has 0 aliphatic carbocycles. The maximum atomic E-state index is 13.2. The molecule has 3 heterocycles. The summed E-state index contributed by atoms with van der Waals surface area (Å²) in [5, 5.41) is 1.02. The van der Waals surface area contributed by atoms with Crippen LogP contribution >= 0.6 is 23.1 Å². The highest BCUT2D eigenvalue weighted by atomic mass is 32.2. The van der Waals surface area contributed by atoms with Gasteiger partial charge in [-0.2, -0.15) is 4.57 Å². The average molecular weight is 411 g/mol. The molecule has 0 amide bonds. The predicted octanol–water partition coefficient (Wildman–Crippen LogP) is 2.68. The third kappa shape index (κ3) is 3.20. The Morgan fingerprint density at radius 1 is 1.18 bits per heavy atom. The van der Waals surface area contributed by atoms with E-state index in [1.165, 1.54) is 16.1 Å². The van der Waals surface area contributed by atoms with E-state index in [4.69, 9.17) is 0 Å². The number of thioether (sulfide) groups is 1. The predicted molar refractivity (Wildman–Crippen MR) is 118 cm³/mol. The number of pyridine rings is 1. The van der Waals surface area contributed by atoms with Crippen LogP contribution in [0.15, 0.2) is 52.3 Å². The second-order valence-electron chi connectivity index (χ2n) is 6.81. The van der Waals surface area contributed by atoms with E-state index < -0.39 is 0 Å². The Morgan fingerprint density at radius 3 is 2.75 bits per heavy atom. The highest BCUT2D eigenvalue weighted by Gasteiger charge is 2.24. The molecule has 28 heavy (non-hydrogen) atoms. The average Bonchev–Trinajstić information content (AvgIpc) is 3.18. The van der Waals surface area contributed by atoms with Crippen LogP contribution in [0.25, 0.3) is 11.1 Å². The van der Waals surface area contributed by atoms with Crippen LogP contribution in [0.3, 0.4) is 0 Å². The fraction of sp³-hybridized carbons (Fsp3) is 0.273. The summed E-state index contributed by atoms with van der Waals surface area (Å²) in [4.78, 5) is 16.6. The van der Waals surface area contributed by atoms with E-state index in [9.17, 15) is 4.79 Å². The molecule has 0 bridgehead atoms. The van der Waals surface area contributed by atoms with Crippen molar-refractivity contribution in [1.29, 1.82) is 0 Å². The quantitative estimate of drug-likeness (QED) is 0.622. The molecule has 1 aliphatic rings. The Bertz CT molecular complexity index is 1220. The minimum Gasteiger partial charge on any atom is -0.337 e. The van der Waals surface area contributed by atoms with Crippen LogP contribution in [0.1, 0.15) is 25.1 Å². The number of nitrogens with zero attached hydrogens (tertiary/aromatic N) is 3. The van der Waals surface area contributed by atoms with Crippen molar-refractivity contribution in [3.63, 3.8) is 0 Å². The van der Waals surface area contributed by atoms with Crippen molar-refractivity contribution >= 4 is 39.9 Å². The van der Waals surface area contributed by atoms with Gasteiger partial charge in [0.2, 0.25) is 5.69 Å². The molecule has 0 spiro atoms. The van der Waals surface area contributed by atoms with Gasteiger partial charge in [-0.3, -0.25) is 9.36 Å². The third-order valence-electron chi connectivity index (χ3n) is 5.00. The molecule has 0 saturated carbocycles. The van der Waals surface area contributed by atoms with Gasteiger partial charge in [-0.25, -0.2) is 0 Å². The molecule has 0 radical (unpaired) electrons. The van der Waals surface area contributed by atoms with E-state index in [-0.39, 0.29) is 5.56 Å². The maximum absolute atomic E-state index is 13.2. The van der Waals surface area contributed by atoms with Crippen molar-refractivity contribution in [1.82, 2.24) is 4.57 Å². The lowest BCUT2D eigenvalue weighted by Gasteiger charge is -2.12. The first kappa shape index (κ1) is 19.0. The second-order valence-corrected chi connectivity index (χ2v) is 8.87. The normalized spacial score (nSPS) is 16.0. The fourth-order valence-corrected chi connectivity index (χ4v) is 6.02. The summed E-state index contributed by atoms with van der Waals surface area (Å²) in [6.45, 7) is 7.81. The number of hydrogen-bond acceptors (Lipinski definition) is 4. The fourth-order valence-electron chi connectivity index (χ4n) is 3.46. The maximum Gasteiger partial charge on any atom is 0.271 e. The van der Waals surface area contributed by atoms with Gasteiger partial charge in [0.1, 0.15) is 20.8 Å². The molecule has 4 rings (SSSR count). The Morgan fingerprint density at radius 2 is 2.00 bits per heavy atom. The number of fused-ring (bicyclic) bond motifs is 1. The van der Waals surface area contributed by atoms with E-state index in [0.29, 0.717) is 6.54 Å². The van der Waals surface area contributed by atoms with Crippen LogP contribution in [-0.4, -0.2) is 11.6 Å². The van der Waals surface area contributed by atoms with Gasteiger partial charge in [0, 0.05) is 36.7 Å². The van der Waals surface area contributed by atoms with Crippen molar-refractivity contribution in [2.45, 2.75) is 38.8 Å². The van der Waals surface area contributed by atoms with Crippen LogP contribution < -0.4 is 24.2 Å². The number of aryl methyl sites for hydroxylation is 2. The minimum absolute atomic E-state index is 0.0941. The molecule has 1 aliphatic heterocycles. The summed E-state index contributed by atoms with van der Waals surface area (Å²) in [6.07, 6.45) is 4.20. The molecule has 4 nitrogen and oxygen atoms in total. The summed E-state index contributed by atoms with van der Waals surface area (Å²) in [5.41, 5.74) is 3.60. The standard InChI is InChI=1S/C22H24N3OS2/c1-5-24-12-8-7-9-16(24)14-19-25(6-2)21(26)20(28-19)22-23(4)17-11-10-15(3)13-18(17)27-22/h7-14H,5-6H2,1-4H3/q+1/b22-20+. The Hall–Kier alpha value is -2.31. The number of anilines is 1. The highest BCUT2D eigenvalue weighted by molar-refractivity contribution is 8.08. The van der Waals surface area contributed by atoms with E-state index in [1.54, 1.807) is 23.1 Å². The Labute approximate surface area is 173 Å². The van der Waals surface area contributed by atoms with Gasteiger partial charge in [-0.05, 0) is 44.5 Å². The van der Waals surface area contributed by atoms with Crippen LogP contribution in [0.5, 0.6) is 0 Å². The van der Waals surface area contributed by atoms with Crippen molar-refractivity contribution in [3.8, 4) is 0 Å². The first-order chi connectivity index (χ1) is 13.5. The van der Waals surface area contributed by atoms with Gasteiger partial charge >= 0.3 is 0 Å². The van der Waals surface area contributed by atoms with Gasteiger partial charge in [0.15, 0.2) is 6.20 Å². The summed E-state index contributed by atoms with van der Waals surface area (Å²) >= 11 is 3.28. The van der Waals surface area contributed by atoms with Crippen molar-refractivity contribution < 1.29 is 4.57 Å². The third-order valence-corrected chi connectivity index (χ3v) is 7.47. The summed E-state index contributed by atoms with van der Waals surface area (Å²) in [5.74, 6) is 0. The van der Waals surface area contributed by atoms with Crippen LogP contribution in [-0.2, 0) is 13.1 Å². The van der Waals surface area contributed by atoms with E-state index in [1.807, 2.05) is 30.7 Å². The SMILES string of the molecule is CCn1c(=O)/c(=C2\Sc3cc(C)ccc3N2C)s/c1=C\c1cccc[n+]1CC. The summed E-state index contributed by atoms with van der Waals surface area (Å²) in [7, 11) is 2.05. The molecule has 3 aromatic rings. The van der Waals surface area contributed by atoms with Crippen molar-refractivity contribution in [2.24, 2.45) is 0 Å². The zero-order valence-corrected chi connectivity index (χ0v) is 18.2. The van der Waals surface area contributed by atoms with Crippen LogP contribution in [0.4, 0.5) is 5.69 Å². The lowest BCUT2D eigenvalue weighted by molar-refractivity contribution is -0.695. The molecule has 0 saturated heterocycles. The van der Waals surface area contributed by atoms with Crippen LogP contribution in [0.2, 0.25) is 0 Å². The monoisotopic (exact) mass is 410 g/mol. The number of thiazole rings is 1.